The minimum Gasteiger partial charge on any atom is -0.497 e. The largest absolute Gasteiger partial charge is 0.497 e. The van der Waals surface area contributed by atoms with E-state index in [0.29, 0.717) is 17.9 Å². The number of hydrogen-bond donors (Lipinski definition) is 1. The molecule has 0 aliphatic heterocycles. The van der Waals surface area contributed by atoms with Crippen LogP contribution >= 0.6 is 0 Å². The lowest BCUT2D eigenvalue weighted by atomic mass is 10.1. The Labute approximate surface area is 248 Å². The first-order valence-corrected chi connectivity index (χ1v) is 15.6. The highest BCUT2D eigenvalue weighted by molar-refractivity contribution is 7.92. The van der Waals surface area contributed by atoms with Gasteiger partial charge in [-0.25, -0.2) is 8.42 Å². The number of hydrogen-bond acceptors (Lipinski definition) is 6. The molecule has 2 amide bonds. The smallest absolute Gasteiger partial charge is 0.264 e. The van der Waals surface area contributed by atoms with Gasteiger partial charge in [0.15, 0.2) is 0 Å². The number of carbonyl (C=O) groups is 2. The topological polar surface area (TPSA) is 105 Å². The SMILES string of the molecule is COc1ccc(S(=O)(=O)N(CC(=O)N(CCc2ccccc2)C(C)C(=O)NC2CCCC2)c2ccccc2OC)cc1. The van der Waals surface area contributed by atoms with Crippen LogP contribution in [0.2, 0.25) is 0 Å². The van der Waals surface area contributed by atoms with Crippen LogP contribution in [0, 0.1) is 0 Å². The zero-order valence-corrected chi connectivity index (χ0v) is 25.2. The molecular formula is C32H39N3O6S. The second kappa shape index (κ2) is 14.2. The molecule has 10 heteroatoms. The maximum Gasteiger partial charge on any atom is 0.264 e. The minimum absolute atomic E-state index is 0.00938. The fourth-order valence-corrected chi connectivity index (χ4v) is 6.61. The van der Waals surface area contributed by atoms with E-state index in [1.54, 1.807) is 43.3 Å². The van der Waals surface area contributed by atoms with Crippen LogP contribution in [0.5, 0.6) is 11.5 Å². The summed E-state index contributed by atoms with van der Waals surface area (Å²) in [5, 5.41) is 3.09. The average Bonchev–Trinajstić information content (AvgIpc) is 3.53. The Morgan fingerprint density at radius 1 is 0.905 bits per heavy atom. The van der Waals surface area contributed by atoms with Crippen molar-refractivity contribution in [2.24, 2.45) is 0 Å². The Bertz CT molecular complexity index is 1440. The molecule has 4 rings (SSSR count). The summed E-state index contributed by atoms with van der Waals surface area (Å²) in [4.78, 5) is 28.9. The molecule has 1 unspecified atom stereocenters. The number of sulfonamides is 1. The maximum absolute atomic E-state index is 14.1. The second-order valence-electron chi connectivity index (χ2n) is 10.3. The van der Waals surface area contributed by atoms with Crippen LogP contribution in [0.1, 0.15) is 38.2 Å². The predicted molar refractivity (Wildman–Crippen MR) is 162 cm³/mol. The molecule has 224 valence electrons. The number of carbonyl (C=O) groups excluding carboxylic acids is 2. The Hall–Kier alpha value is -4.05. The average molecular weight is 594 g/mol. The number of amides is 2. The number of methoxy groups -OCH3 is 2. The molecule has 42 heavy (non-hydrogen) atoms. The van der Waals surface area contributed by atoms with Gasteiger partial charge < -0.3 is 19.7 Å². The quantitative estimate of drug-likeness (QED) is 0.315. The lowest BCUT2D eigenvalue weighted by Gasteiger charge is -2.32. The van der Waals surface area contributed by atoms with Crippen molar-refractivity contribution in [3.8, 4) is 11.5 Å². The molecule has 0 saturated heterocycles. The lowest BCUT2D eigenvalue weighted by Crippen LogP contribution is -2.53. The minimum atomic E-state index is -4.22. The van der Waals surface area contributed by atoms with Gasteiger partial charge >= 0.3 is 0 Å². The zero-order chi connectivity index (χ0) is 30.1. The molecule has 1 N–H and O–H groups in total. The van der Waals surface area contributed by atoms with Crippen LogP contribution in [-0.2, 0) is 26.0 Å². The fraction of sp³-hybridized carbons (Fsp3) is 0.375. The third-order valence-electron chi connectivity index (χ3n) is 7.63. The van der Waals surface area contributed by atoms with Crippen LogP contribution < -0.4 is 19.1 Å². The van der Waals surface area contributed by atoms with Crippen LogP contribution in [0.3, 0.4) is 0 Å². The summed E-state index contributed by atoms with van der Waals surface area (Å²) in [5.74, 6) is 0.0569. The van der Waals surface area contributed by atoms with Crippen LogP contribution in [0.4, 0.5) is 5.69 Å². The predicted octanol–water partition coefficient (Wildman–Crippen LogP) is 4.42. The van der Waals surface area contributed by atoms with Gasteiger partial charge in [0, 0.05) is 12.6 Å². The first-order valence-electron chi connectivity index (χ1n) is 14.2. The Morgan fingerprint density at radius 2 is 1.55 bits per heavy atom. The molecule has 0 spiro atoms. The number of para-hydroxylation sites is 2. The van der Waals surface area contributed by atoms with Crippen molar-refractivity contribution in [1.29, 1.82) is 0 Å². The highest BCUT2D eigenvalue weighted by Crippen LogP contribution is 2.33. The van der Waals surface area contributed by atoms with Crippen molar-refractivity contribution in [2.75, 3.05) is 31.6 Å². The Kier molecular flexibility index (Phi) is 10.5. The van der Waals surface area contributed by atoms with E-state index < -0.39 is 28.5 Å². The standard InChI is InChI=1S/C32H39N3O6S/c1-24(32(37)33-26-13-7-8-14-26)34(22-21-25-11-5-4-6-12-25)31(36)23-35(29-15-9-10-16-30(29)41-3)42(38,39)28-19-17-27(40-2)18-20-28/h4-6,9-12,15-20,24,26H,7-8,13-14,21-23H2,1-3H3,(H,33,37). The van der Waals surface area contributed by atoms with E-state index in [4.69, 9.17) is 9.47 Å². The molecule has 0 heterocycles. The van der Waals surface area contributed by atoms with E-state index in [2.05, 4.69) is 5.32 Å². The van der Waals surface area contributed by atoms with Crippen molar-refractivity contribution in [2.45, 2.75) is 56.0 Å². The van der Waals surface area contributed by atoms with E-state index in [1.807, 2.05) is 30.3 Å². The number of anilines is 1. The van der Waals surface area contributed by atoms with E-state index in [9.17, 15) is 18.0 Å². The molecule has 0 bridgehead atoms. The molecule has 0 aromatic heterocycles. The number of benzene rings is 3. The molecule has 1 aliphatic rings. The molecule has 9 nitrogen and oxygen atoms in total. The van der Waals surface area contributed by atoms with Gasteiger partial charge in [-0.3, -0.25) is 13.9 Å². The van der Waals surface area contributed by atoms with Crippen LogP contribution in [0.15, 0.2) is 83.8 Å². The zero-order valence-electron chi connectivity index (χ0n) is 24.4. The number of rotatable bonds is 13. The summed E-state index contributed by atoms with van der Waals surface area (Å²) in [6.07, 6.45) is 4.46. The summed E-state index contributed by atoms with van der Waals surface area (Å²) in [6, 6.07) is 21.6. The van der Waals surface area contributed by atoms with Gasteiger partial charge in [0.05, 0.1) is 24.8 Å². The first-order chi connectivity index (χ1) is 20.2. The summed E-state index contributed by atoms with van der Waals surface area (Å²) >= 11 is 0. The van der Waals surface area contributed by atoms with Gasteiger partial charge in [0.25, 0.3) is 10.0 Å². The summed E-state index contributed by atoms with van der Waals surface area (Å²) in [5.41, 5.74) is 1.22. The monoisotopic (exact) mass is 593 g/mol. The van der Waals surface area contributed by atoms with E-state index in [0.717, 1.165) is 35.6 Å². The van der Waals surface area contributed by atoms with Gasteiger partial charge in [0.1, 0.15) is 24.1 Å². The molecule has 3 aromatic carbocycles. The second-order valence-corrected chi connectivity index (χ2v) is 12.2. The third kappa shape index (κ3) is 7.42. The van der Waals surface area contributed by atoms with E-state index >= 15 is 0 Å². The van der Waals surface area contributed by atoms with Gasteiger partial charge in [-0.2, -0.15) is 0 Å². The Balaban J connectivity index is 1.67. The molecule has 3 aromatic rings. The third-order valence-corrected chi connectivity index (χ3v) is 9.41. The highest BCUT2D eigenvalue weighted by Gasteiger charge is 2.34. The molecule has 1 atom stereocenters. The fourth-order valence-electron chi connectivity index (χ4n) is 5.19. The van der Waals surface area contributed by atoms with Gasteiger partial charge in [0.2, 0.25) is 11.8 Å². The summed E-state index contributed by atoms with van der Waals surface area (Å²) < 4.78 is 39.8. The Morgan fingerprint density at radius 3 is 2.19 bits per heavy atom. The van der Waals surface area contributed by atoms with Crippen molar-refractivity contribution < 1.29 is 27.5 Å². The summed E-state index contributed by atoms with van der Waals surface area (Å²) in [6.45, 7) is 1.41. The summed E-state index contributed by atoms with van der Waals surface area (Å²) in [7, 11) is -1.28. The van der Waals surface area contributed by atoms with Gasteiger partial charge in [-0.15, -0.1) is 0 Å². The molecular weight excluding hydrogens is 554 g/mol. The van der Waals surface area contributed by atoms with Crippen molar-refractivity contribution in [1.82, 2.24) is 10.2 Å². The lowest BCUT2D eigenvalue weighted by molar-refractivity contribution is -0.139. The molecule has 0 radical (unpaired) electrons. The van der Waals surface area contributed by atoms with Crippen LogP contribution in [0.25, 0.3) is 0 Å². The molecule has 1 saturated carbocycles. The van der Waals surface area contributed by atoms with Crippen molar-refractivity contribution >= 4 is 27.5 Å². The van der Waals surface area contributed by atoms with Gasteiger partial charge in [-0.05, 0) is 68.1 Å². The van der Waals surface area contributed by atoms with Crippen molar-refractivity contribution in [3.05, 3.63) is 84.4 Å². The number of nitrogens with zero attached hydrogens (tertiary/aromatic N) is 2. The molecule has 1 fully saturated rings. The first kappa shape index (κ1) is 30.9. The van der Waals surface area contributed by atoms with Gasteiger partial charge in [-0.1, -0.05) is 55.3 Å². The highest BCUT2D eigenvalue weighted by atomic mass is 32.2. The number of nitrogens with one attached hydrogen (secondary N) is 1. The molecule has 1 aliphatic carbocycles. The maximum atomic E-state index is 14.1. The van der Waals surface area contributed by atoms with E-state index in [-0.39, 0.29) is 29.1 Å². The van der Waals surface area contributed by atoms with E-state index in [1.165, 1.54) is 31.3 Å². The number of ether oxygens (including phenoxy) is 2. The normalized spacial score (nSPS) is 14.2. The van der Waals surface area contributed by atoms with Crippen LogP contribution in [-0.4, -0.2) is 64.5 Å². The van der Waals surface area contributed by atoms with Crippen molar-refractivity contribution in [3.63, 3.8) is 0 Å².